The number of alkyl halides is 2. The molecular formula is C16H11BrF2N4O2. The van der Waals surface area contributed by atoms with Crippen molar-refractivity contribution in [3.8, 4) is 17.1 Å². The molecule has 3 rings (SSSR count). The number of hydrogen-bond acceptors (Lipinski definition) is 4. The molecule has 0 spiro atoms. The van der Waals surface area contributed by atoms with Gasteiger partial charge in [0.2, 0.25) is 5.95 Å². The predicted molar refractivity (Wildman–Crippen MR) is 90.5 cm³/mol. The van der Waals surface area contributed by atoms with Gasteiger partial charge >= 0.3 is 6.61 Å². The van der Waals surface area contributed by atoms with Crippen molar-refractivity contribution >= 4 is 27.8 Å². The van der Waals surface area contributed by atoms with Crippen molar-refractivity contribution in [1.29, 1.82) is 0 Å². The Labute approximate surface area is 149 Å². The van der Waals surface area contributed by atoms with E-state index in [9.17, 15) is 13.6 Å². The van der Waals surface area contributed by atoms with Crippen LogP contribution in [-0.4, -0.2) is 27.7 Å². The number of anilines is 1. The third kappa shape index (κ3) is 4.18. The first-order chi connectivity index (χ1) is 12.0. The van der Waals surface area contributed by atoms with Gasteiger partial charge in [0.05, 0.1) is 0 Å². The molecule has 0 bridgehead atoms. The Morgan fingerprint density at radius 2 is 2.00 bits per heavy atom. The highest BCUT2D eigenvalue weighted by Gasteiger charge is 2.13. The van der Waals surface area contributed by atoms with Crippen molar-refractivity contribution in [3.63, 3.8) is 0 Å². The number of ether oxygens (including phenoxy) is 1. The van der Waals surface area contributed by atoms with Crippen molar-refractivity contribution in [1.82, 2.24) is 15.2 Å². The summed E-state index contributed by atoms with van der Waals surface area (Å²) in [6, 6.07) is 12.8. The molecule has 2 aromatic carbocycles. The van der Waals surface area contributed by atoms with E-state index in [1.807, 2.05) is 24.3 Å². The summed E-state index contributed by atoms with van der Waals surface area (Å²) < 4.78 is 29.6. The predicted octanol–water partition coefficient (Wildman–Crippen LogP) is 4.09. The van der Waals surface area contributed by atoms with E-state index in [0.717, 1.165) is 10.0 Å². The zero-order valence-corrected chi connectivity index (χ0v) is 14.1. The molecule has 128 valence electrons. The lowest BCUT2D eigenvalue weighted by atomic mass is 10.2. The fraction of sp³-hybridized carbons (Fsp3) is 0.0625. The van der Waals surface area contributed by atoms with Gasteiger partial charge in [-0.2, -0.15) is 13.8 Å². The SMILES string of the molecule is O=C(Nc1n[nH]c(-c2ccccc2Br)n1)c1cccc(OC(F)F)c1. The van der Waals surface area contributed by atoms with Crippen LogP contribution in [0.5, 0.6) is 5.75 Å². The second-order valence-electron chi connectivity index (χ2n) is 4.85. The van der Waals surface area contributed by atoms with Crippen LogP contribution >= 0.6 is 15.9 Å². The van der Waals surface area contributed by atoms with Gasteiger partial charge in [-0.25, -0.2) is 0 Å². The highest BCUT2D eigenvalue weighted by atomic mass is 79.9. The summed E-state index contributed by atoms with van der Waals surface area (Å²) in [6.07, 6.45) is 0. The molecule has 0 radical (unpaired) electrons. The number of nitrogens with one attached hydrogen (secondary N) is 2. The van der Waals surface area contributed by atoms with Gasteiger partial charge in [-0.1, -0.05) is 40.2 Å². The summed E-state index contributed by atoms with van der Waals surface area (Å²) in [5.41, 5.74) is 0.924. The number of H-pyrrole nitrogens is 1. The molecule has 0 fully saturated rings. The Balaban J connectivity index is 1.75. The Morgan fingerprint density at radius 1 is 1.20 bits per heavy atom. The molecule has 1 aromatic heterocycles. The van der Waals surface area contributed by atoms with E-state index in [1.54, 1.807) is 0 Å². The summed E-state index contributed by atoms with van der Waals surface area (Å²) in [7, 11) is 0. The number of rotatable bonds is 5. The van der Waals surface area contributed by atoms with Crippen molar-refractivity contribution in [2.75, 3.05) is 5.32 Å². The van der Waals surface area contributed by atoms with Crippen molar-refractivity contribution in [2.24, 2.45) is 0 Å². The summed E-state index contributed by atoms with van der Waals surface area (Å²) in [5.74, 6) is -0.113. The Kier molecular flexibility index (Phi) is 5.03. The molecule has 0 aliphatic rings. The summed E-state index contributed by atoms with van der Waals surface area (Å²) in [4.78, 5) is 16.4. The van der Waals surface area contributed by atoms with Gasteiger partial charge in [0.1, 0.15) is 5.75 Å². The fourth-order valence-corrected chi connectivity index (χ4v) is 2.55. The van der Waals surface area contributed by atoms with E-state index in [1.165, 1.54) is 24.3 Å². The van der Waals surface area contributed by atoms with Crippen molar-refractivity contribution < 1.29 is 18.3 Å². The third-order valence-electron chi connectivity index (χ3n) is 3.16. The fourth-order valence-electron chi connectivity index (χ4n) is 2.08. The largest absolute Gasteiger partial charge is 0.435 e. The topological polar surface area (TPSA) is 79.9 Å². The van der Waals surface area contributed by atoms with Crippen molar-refractivity contribution in [3.05, 3.63) is 58.6 Å². The maximum atomic E-state index is 12.2. The molecule has 0 atom stereocenters. The van der Waals surface area contributed by atoms with Crippen LogP contribution in [0.15, 0.2) is 53.0 Å². The molecule has 0 aliphatic heterocycles. The lowest BCUT2D eigenvalue weighted by molar-refractivity contribution is -0.0498. The third-order valence-corrected chi connectivity index (χ3v) is 3.85. The average molecular weight is 409 g/mol. The maximum absolute atomic E-state index is 12.2. The number of amides is 1. The van der Waals surface area contributed by atoms with Crippen LogP contribution in [0, 0.1) is 0 Å². The number of carbonyl (C=O) groups is 1. The van der Waals surface area contributed by atoms with Gasteiger partial charge in [-0.05, 0) is 24.3 Å². The lowest BCUT2D eigenvalue weighted by Gasteiger charge is -2.06. The van der Waals surface area contributed by atoms with Crippen LogP contribution in [0.2, 0.25) is 0 Å². The summed E-state index contributed by atoms with van der Waals surface area (Å²) in [6.45, 7) is -2.96. The van der Waals surface area contributed by atoms with Gasteiger partial charge in [-0.15, -0.1) is 5.10 Å². The molecule has 1 heterocycles. The Bertz CT molecular complexity index is 901. The number of halogens is 3. The van der Waals surface area contributed by atoms with Gasteiger partial charge in [0.15, 0.2) is 5.82 Å². The minimum absolute atomic E-state index is 0.0657. The van der Waals surface area contributed by atoms with Crippen LogP contribution < -0.4 is 10.1 Å². The highest BCUT2D eigenvalue weighted by molar-refractivity contribution is 9.10. The molecule has 1 amide bonds. The average Bonchev–Trinajstić information content (AvgIpc) is 3.03. The summed E-state index contributed by atoms with van der Waals surface area (Å²) >= 11 is 3.41. The first-order valence-electron chi connectivity index (χ1n) is 7.06. The van der Waals surface area contributed by atoms with Gasteiger partial charge in [-0.3, -0.25) is 15.2 Å². The maximum Gasteiger partial charge on any atom is 0.387 e. The first-order valence-corrected chi connectivity index (χ1v) is 7.86. The second-order valence-corrected chi connectivity index (χ2v) is 5.70. The van der Waals surface area contributed by atoms with Gasteiger partial charge in [0, 0.05) is 15.6 Å². The van der Waals surface area contributed by atoms with Gasteiger partial charge in [0.25, 0.3) is 5.91 Å². The minimum atomic E-state index is -2.96. The Hall–Kier alpha value is -2.81. The van der Waals surface area contributed by atoms with Gasteiger partial charge < -0.3 is 4.74 Å². The number of benzene rings is 2. The Morgan fingerprint density at radius 3 is 2.76 bits per heavy atom. The number of aromatic amines is 1. The monoisotopic (exact) mass is 408 g/mol. The molecular weight excluding hydrogens is 398 g/mol. The van der Waals surface area contributed by atoms with Crippen LogP contribution in [0.4, 0.5) is 14.7 Å². The van der Waals surface area contributed by atoms with E-state index in [4.69, 9.17) is 0 Å². The zero-order valence-electron chi connectivity index (χ0n) is 12.5. The van der Waals surface area contributed by atoms with Crippen LogP contribution in [0.25, 0.3) is 11.4 Å². The molecule has 6 nitrogen and oxygen atoms in total. The van der Waals surface area contributed by atoms with E-state index in [0.29, 0.717) is 5.82 Å². The number of carbonyl (C=O) groups excluding carboxylic acids is 1. The van der Waals surface area contributed by atoms with E-state index in [-0.39, 0.29) is 17.3 Å². The molecule has 0 unspecified atom stereocenters. The molecule has 0 saturated carbocycles. The highest BCUT2D eigenvalue weighted by Crippen LogP contribution is 2.25. The van der Waals surface area contributed by atoms with Crippen LogP contribution in [0.1, 0.15) is 10.4 Å². The second kappa shape index (κ2) is 7.39. The number of nitrogens with zero attached hydrogens (tertiary/aromatic N) is 2. The van der Waals surface area contributed by atoms with Crippen molar-refractivity contribution in [2.45, 2.75) is 6.61 Å². The van der Waals surface area contributed by atoms with Crippen LogP contribution in [-0.2, 0) is 0 Å². The molecule has 9 heteroatoms. The molecule has 0 aliphatic carbocycles. The molecule has 25 heavy (non-hydrogen) atoms. The molecule has 2 N–H and O–H groups in total. The van der Waals surface area contributed by atoms with E-state index < -0.39 is 12.5 Å². The smallest absolute Gasteiger partial charge is 0.387 e. The quantitative estimate of drug-likeness (QED) is 0.666. The molecule has 0 saturated heterocycles. The minimum Gasteiger partial charge on any atom is -0.435 e. The number of aromatic nitrogens is 3. The van der Waals surface area contributed by atoms with E-state index >= 15 is 0 Å². The van der Waals surface area contributed by atoms with Crippen LogP contribution in [0.3, 0.4) is 0 Å². The van der Waals surface area contributed by atoms with E-state index in [2.05, 4.69) is 41.2 Å². The summed E-state index contributed by atoms with van der Waals surface area (Å²) in [5, 5.41) is 9.15. The standard InChI is InChI=1S/C16H11BrF2N4O2/c17-12-7-2-1-6-11(12)13-20-16(23-22-13)21-14(24)9-4-3-5-10(8-9)25-15(18)19/h1-8,15H,(H2,20,21,22,23,24). The molecule has 3 aromatic rings. The normalized spacial score (nSPS) is 10.7. The lowest BCUT2D eigenvalue weighted by Crippen LogP contribution is -2.13. The first kappa shape index (κ1) is 17.0. The zero-order chi connectivity index (χ0) is 17.8. The number of hydrogen-bond donors (Lipinski definition) is 2.